The lowest BCUT2D eigenvalue weighted by Gasteiger charge is -2.21. The highest BCUT2D eigenvalue weighted by Crippen LogP contribution is 2.19. The van der Waals surface area contributed by atoms with Crippen molar-refractivity contribution < 1.29 is 14.7 Å². The van der Waals surface area contributed by atoms with Crippen LogP contribution in [0.3, 0.4) is 0 Å². The molecule has 31 heavy (non-hydrogen) atoms. The summed E-state index contributed by atoms with van der Waals surface area (Å²) in [6, 6.07) is 2.43. The summed E-state index contributed by atoms with van der Waals surface area (Å²) in [5, 5.41) is 20.4. The summed E-state index contributed by atoms with van der Waals surface area (Å²) < 4.78 is 0. The quantitative estimate of drug-likeness (QED) is 0.322. The number of rotatable bonds is 7. The average Bonchev–Trinajstić information content (AvgIpc) is 3.09. The van der Waals surface area contributed by atoms with E-state index in [1.807, 2.05) is 0 Å². The molecule has 0 radical (unpaired) electrons. The zero-order valence-corrected chi connectivity index (χ0v) is 17.3. The van der Waals surface area contributed by atoms with Crippen LogP contribution in [-0.2, 0) is 16.0 Å². The maximum absolute atomic E-state index is 12.4. The van der Waals surface area contributed by atoms with Crippen LogP contribution in [0.1, 0.15) is 31.4 Å². The summed E-state index contributed by atoms with van der Waals surface area (Å²) in [6.45, 7) is 4.99. The number of fused-ring (bicyclic) bond motifs is 1. The van der Waals surface area contributed by atoms with Gasteiger partial charge in [-0.3, -0.25) is 29.4 Å². The molecule has 0 aromatic carbocycles. The molecule has 0 saturated heterocycles. The monoisotopic (exact) mass is 428 g/mol. The average molecular weight is 428 g/mol. The van der Waals surface area contributed by atoms with Crippen molar-refractivity contribution in [3.8, 4) is 5.75 Å². The summed E-state index contributed by atoms with van der Waals surface area (Å²) in [5.41, 5.74) is 0.473. The standard InChI is InChI=1S/C20H24N6O5/c1-9(18(29)23-16-13(27)5-4-8-21-16)11(3)22-14(28)7-6-12-10(2)15-17(24-19(12)30)25-26-20(15)31/h4-5,8-9,11,27H,6-7H2,1-3H3,(H,22,28)(H,21,23,29)(H3,24,25,26,30,31). The van der Waals surface area contributed by atoms with Crippen molar-refractivity contribution in [2.45, 2.75) is 39.7 Å². The van der Waals surface area contributed by atoms with E-state index in [9.17, 15) is 24.3 Å². The summed E-state index contributed by atoms with van der Waals surface area (Å²) in [5.74, 6) is -1.47. The van der Waals surface area contributed by atoms with E-state index in [0.717, 1.165) is 0 Å². The third kappa shape index (κ3) is 4.65. The molecule has 6 N–H and O–H groups in total. The number of carbonyl (C=O) groups excluding carboxylic acids is 2. The first-order chi connectivity index (χ1) is 14.7. The van der Waals surface area contributed by atoms with Gasteiger partial charge in [0.25, 0.3) is 11.1 Å². The molecule has 11 heteroatoms. The highest BCUT2D eigenvalue weighted by atomic mass is 16.3. The van der Waals surface area contributed by atoms with Crippen LogP contribution < -0.4 is 21.8 Å². The van der Waals surface area contributed by atoms with Crippen molar-refractivity contribution in [2.24, 2.45) is 5.92 Å². The molecular weight excluding hydrogens is 404 g/mol. The zero-order chi connectivity index (χ0) is 22.7. The maximum atomic E-state index is 12.4. The minimum atomic E-state index is -0.606. The molecule has 0 aliphatic rings. The molecule has 3 rings (SSSR count). The first-order valence-corrected chi connectivity index (χ1v) is 9.75. The maximum Gasteiger partial charge on any atom is 0.273 e. The molecule has 0 aliphatic carbocycles. The lowest BCUT2D eigenvalue weighted by Crippen LogP contribution is -2.42. The Morgan fingerprint density at radius 2 is 1.94 bits per heavy atom. The summed E-state index contributed by atoms with van der Waals surface area (Å²) in [4.78, 5) is 55.5. The van der Waals surface area contributed by atoms with Gasteiger partial charge in [-0.05, 0) is 38.0 Å². The van der Waals surface area contributed by atoms with Gasteiger partial charge in [-0.25, -0.2) is 4.98 Å². The van der Waals surface area contributed by atoms with Crippen LogP contribution in [0.4, 0.5) is 5.82 Å². The van der Waals surface area contributed by atoms with E-state index in [1.54, 1.807) is 20.8 Å². The fourth-order valence-corrected chi connectivity index (χ4v) is 3.26. The van der Waals surface area contributed by atoms with Gasteiger partial charge >= 0.3 is 0 Å². The van der Waals surface area contributed by atoms with Crippen molar-refractivity contribution in [1.82, 2.24) is 25.5 Å². The third-order valence-corrected chi connectivity index (χ3v) is 5.30. The number of H-pyrrole nitrogens is 3. The van der Waals surface area contributed by atoms with E-state index < -0.39 is 17.9 Å². The Morgan fingerprint density at radius 1 is 1.19 bits per heavy atom. The van der Waals surface area contributed by atoms with Gasteiger partial charge < -0.3 is 20.7 Å². The number of anilines is 1. The van der Waals surface area contributed by atoms with Gasteiger partial charge in [0.2, 0.25) is 11.8 Å². The largest absolute Gasteiger partial charge is 0.504 e. The number of pyridine rings is 2. The highest BCUT2D eigenvalue weighted by Gasteiger charge is 2.23. The van der Waals surface area contributed by atoms with Crippen LogP contribution in [0, 0.1) is 12.8 Å². The lowest BCUT2D eigenvalue weighted by molar-refractivity contribution is -0.123. The van der Waals surface area contributed by atoms with Crippen LogP contribution in [0.2, 0.25) is 0 Å². The summed E-state index contributed by atoms with van der Waals surface area (Å²) in [7, 11) is 0. The second kappa shape index (κ2) is 8.86. The van der Waals surface area contributed by atoms with Crippen LogP contribution in [0.15, 0.2) is 27.9 Å². The first-order valence-electron chi connectivity index (χ1n) is 9.75. The normalized spacial score (nSPS) is 13.0. The molecule has 0 aliphatic heterocycles. The number of nitrogens with zero attached hydrogens (tertiary/aromatic N) is 1. The number of aryl methyl sites for hydroxylation is 1. The van der Waals surface area contributed by atoms with Crippen LogP contribution >= 0.6 is 0 Å². The number of aromatic nitrogens is 4. The predicted molar refractivity (Wildman–Crippen MR) is 114 cm³/mol. The van der Waals surface area contributed by atoms with E-state index in [0.29, 0.717) is 22.2 Å². The van der Waals surface area contributed by atoms with E-state index in [-0.39, 0.29) is 41.4 Å². The smallest absolute Gasteiger partial charge is 0.273 e. The van der Waals surface area contributed by atoms with Crippen LogP contribution in [0.25, 0.3) is 11.0 Å². The van der Waals surface area contributed by atoms with Crippen molar-refractivity contribution in [1.29, 1.82) is 0 Å². The van der Waals surface area contributed by atoms with Crippen LogP contribution in [0.5, 0.6) is 5.75 Å². The number of hydrogen-bond acceptors (Lipinski definition) is 6. The third-order valence-electron chi connectivity index (χ3n) is 5.30. The molecule has 0 fully saturated rings. The molecule has 3 heterocycles. The second-order valence-electron chi connectivity index (χ2n) is 7.39. The lowest BCUT2D eigenvalue weighted by atomic mass is 10.0. The Hall–Kier alpha value is -3.89. The minimum Gasteiger partial charge on any atom is -0.504 e. The number of aromatic hydroxyl groups is 1. The fourth-order valence-electron chi connectivity index (χ4n) is 3.26. The van der Waals surface area contributed by atoms with Crippen molar-refractivity contribution >= 4 is 28.7 Å². The van der Waals surface area contributed by atoms with Crippen molar-refractivity contribution in [3.63, 3.8) is 0 Å². The topological polar surface area (TPSA) is 173 Å². The molecular formula is C20H24N6O5. The predicted octanol–water partition coefficient (Wildman–Crippen LogP) is 0.666. The fraction of sp³-hybridized carbons (Fsp3) is 0.350. The Morgan fingerprint density at radius 3 is 2.65 bits per heavy atom. The van der Waals surface area contributed by atoms with Crippen molar-refractivity contribution in [3.05, 3.63) is 50.2 Å². The number of amides is 2. The molecule has 0 bridgehead atoms. The number of nitrogens with one attached hydrogen (secondary N) is 5. The van der Waals surface area contributed by atoms with Gasteiger partial charge in [-0.15, -0.1) is 0 Å². The molecule has 2 amide bonds. The van der Waals surface area contributed by atoms with Gasteiger partial charge in [-0.2, -0.15) is 0 Å². The molecule has 2 unspecified atom stereocenters. The Balaban J connectivity index is 1.60. The van der Waals surface area contributed by atoms with Gasteiger partial charge in [0, 0.05) is 24.2 Å². The molecule has 3 aromatic heterocycles. The van der Waals surface area contributed by atoms with Gasteiger partial charge in [0.1, 0.15) is 5.65 Å². The summed E-state index contributed by atoms with van der Waals surface area (Å²) >= 11 is 0. The zero-order valence-electron chi connectivity index (χ0n) is 17.3. The van der Waals surface area contributed by atoms with Crippen LogP contribution in [-0.4, -0.2) is 43.1 Å². The molecule has 11 nitrogen and oxygen atoms in total. The number of carbonyl (C=O) groups is 2. The van der Waals surface area contributed by atoms with Gasteiger partial charge in [0.05, 0.1) is 11.3 Å². The minimum absolute atomic E-state index is 0.0114. The van der Waals surface area contributed by atoms with E-state index in [1.165, 1.54) is 18.3 Å². The second-order valence-corrected chi connectivity index (χ2v) is 7.39. The van der Waals surface area contributed by atoms with Crippen molar-refractivity contribution in [2.75, 3.05) is 5.32 Å². The molecule has 164 valence electrons. The summed E-state index contributed by atoms with van der Waals surface area (Å²) in [6.07, 6.45) is 1.59. The van der Waals surface area contributed by atoms with E-state index >= 15 is 0 Å². The van der Waals surface area contributed by atoms with E-state index in [4.69, 9.17) is 0 Å². The molecule has 0 saturated carbocycles. The Bertz CT molecular complexity index is 1240. The Kier molecular flexibility index (Phi) is 6.23. The number of hydrogen-bond donors (Lipinski definition) is 6. The highest BCUT2D eigenvalue weighted by molar-refractivity contribution is 5.93. The van der Waals surface area contributed by atoms with Gasteiger partial charge in [0.15, 0.2) is 11.6 Å². The molecule has 0 spiro atoms. The molecule has 3 aromatic rings. The SMILES string of the molecule is Cc1c(CCC(=O)NC(C)C(C)C(=O)Nc2ncccc2O)c(=O)[nH]c2[nH][nH]c(=O)c12. The first kappa shape index (κ1) is 21.8. The Labute approximate surface area is 176 Å². The number of aromatic amines is 3. The molecule has 2 atom stereocenters. The van der Waals surface area contributed by atoms with E-state index in [2.05, 4.69) is 30.8 Å². The van der Waals surface area contributed by atoms with Gasteiger partial charge in [-0.1, -0.05) is 6.92 Å².